The van der Waals surface area contributed by atoms with Gasteiger partial charge in [-0.3, -0.25) is 0 Å². The second kappa shape index (κ2) is 4.76. The lowest BCUT2D eigenvalue weighted by atomic mass is 10.2. The number of halogens is 1. The van der Waals surface area contributed by atoms with Crippen molar-refractivity contribution in [1.82, 2.24) is 10.3 Å². The molecule has 0 amide bonds. The van der Waals surface area contributed by atoms with Gasteiger partial charge in [-0.15, -0.1) is 0 Å². The monoisotopic (exact) mass is 314 g/mol. The fourth-order valence-corrected chi connectivity index (χ4v) is 1.95. The summed E-state index contributed by atoms with van der Waals surface area (Å²) in [5, 5.41) is 3.04. The predicted octanol–water partition coefficient (Wildman–Crippen LogP) is 2.67. The summed E-state index contributed by atoms with van der Waals surface area (Å²) in [6.07, 6.45) is 1.69. The zero-order chi connectivity index (χ0) is 10.7. The van der Waals surface area contributed by atoms with Crippen LogP contribution in [0.1, 0.15) is 5.69 Å². The number of rotatable bonds is 3. The minimum atomic E-state index is 0.685. The first-order valence-electron chi connectivity index (χ1n) is 4.65. The Hall–Kier alpha value is -0.880. The molecular weight excluding hydrogens is 303 g/mol. The molecule has 15 heavy (non-hydrogen) atoms. The molecule has 1 aromatic carbocycles. The summed E-state index contributed by atoms with van der Waals surface area (Å²) in [5.41, 5.74) is 1.97. The zero-order valence-corrected chi connectivity index (χ0v) is 10.5. The highest BCUT2D eigenvalue weighted by molar-refractivity contribution is 14.1. The molecule has 4 heteroatoms. The summed E-state index contributed by atoms with van der Waals surface area (Å²) in [4.78, 5) is 4.40. The van der Waals surface area contributed by atoms with Gasteiger partial charge < -0.3 is 9.73 Å². The van der Waals surface area contributed by atoms with Crippen LogP contribution in [0.25, 0.3) is 11.5 Å². The number of nitrogens with one attached hydrogen (secondary N) is 1. The van der Waals surface area contributed by atoms with Gasteiger partial charge in [0.25, 0.3) is 0 Å². The summed E-state index contributed by atoms with van der Waals surface area (Å²) in [5.74, 6) is 0.685. The van der Waals surface area contributed by atoms with E-state index < -0.39 is 0 Å². The van der Waals surface area contributed by atoms with Crippen LogP contribution < -0.4 is 5.32 Å². The van der Waals surface area contributed by atoms with E-state index in [1.807, 2.05) is 31.3 Å². The van der Waals surface area contributed by atoms with Crippen LogP contribution in [0.15, 0.2) is 34.9 Å². The maximum Gasteiger partial charge on any atom is 0.227 e. The topological polar surface area (TPSA) is 38.1 Å². The SMILES string of the molecule is CNCc1coc(-c2ccccc2I)n1. The Morgan fingerprint density at radius 3 is 2.93 bits per heavy atom. The standard InChI is InChI=1S/C11H11IN2O/c1-13-6-8-7-15-11(14-8)9-4-2-3-5-10(9)12/h2-5,7,13H,6H2,1H3. The quantitative estimate of drug-likeness (QED) is 0.885. The molecule has 0 bridgehead atoms. The minimum absolute atomic E-state index is 0.685. The molecule has 0 aliphatic rings. The van der Waals surface area contributed by atoms with E-state index >= 15 is 0 Å². The van der Waals surface area contributed by atoms with Crippen molar-refractivity contribution in [2.75, 3.05) is 7.05 Å². The molecule has 0 fully saturated rings. The Morgan fingerprint density at radius 1 is 1.40 bits per heavy atom. The Kier molecular flexibility index (Phi) is 3.37. The van der Waals surface area contributed by atoms with E-state index in [9.17, 15) is 0 Å². The summed E-state index contributed by atoms with van der Waals surface area (Å²) in [6, 6.07) is 8.04. The molecule has 0 spiro atoms. The van der Waals surface area contributed by atoms with E-state index in [1.54, 1.807) is 6.26 Å². The summed E-state index contributed by atoms with van der Waals surface area (Å²) in [7, 11) is 1.89. The molecule has 0 radical (unpaired) electrons. The lowest BCUT2D eigenvalue weighted by Gasteiger charge is -1.97. The van der Waals surface area contributed by atoms with Gasteiger partial charge in [0.1, 0.15) is 6.26 Å². The minimum Gasteiger partial charge on any atom is -0.444 e. The molecule has 0 saturated carbocycles. The van der Waals surface area contributed by atoms with E-state index in [0.29, 0.717) is 5.89 Å². The van der Waals surface area contributed by atoms with E-state index in [4.69, 9.17) is 4.42 Å². The highest BCUT2D eigenvalue weighted by Crippen LogP contribution is 2.23. The van der Waals surface area contributed by atoms with Crippen LogP contribution in [0.2, 0.25) is 0 Å². The first-order chi connectivity index (χ1) is 7.31. The van der Waals surface area contributed by atoms with Gasteiger partial charge in [0, 0.05) is 10.1 Å². The van der Waals surface area contributed by atoms with Crippen molar-refractivity contribution in [2.45, 2.75) is 6.54 Å². The van der Waals surface area contributed by atoms with Gasteiger partial charge in [0.2, 0.25) is 5.89 Å². The van der Waals surface area contributed by atoms with Crippen molar-refractivity contribution in [3.63, 3.8) is 0 Å². The molecule has 78 valence electrons. The van der Waals surface area contributed by atoms with E-state index in [1.165, 1.54) is 0 Å². The van der Waals surface area contributed by atoms with Crippen LogP contribution in [0.4, 0.5) is 0 Å². The first-order valence-corrected chi connectivity index (χ1v) is 5.73. The highest BCUT2D eigenvalue weighted by atomic mass is 127. The van der Waals surface area contributed by atoms with E-state index in [-0.39, 0.29) is 0 Å². The number of benzene rings is 1. The van der Waals surface area contributed by atoms with Crippen LogP contribution in [0.5, 0.6) is 0 Å². The van der Waals surface area contributed by atoms with Crippen LogP contribution in [0.3, 0.4) is 0 Å². The number of hydrogen-bond donors (Lipinski definition) is 1. The predicted molar refractivity (Wildman–Crippen MR) is 67.4 cm³/mol. The van der Waals surface area contributed by atoms with Crippen molar-refractivity contribution in [1.29, 1.82) is 0 Å². The van der Waals surface area contributed by atoms with Gasteiger partial charge >= 0.3 is 0 Å². The third-order valence-electron chi connectivity index (χ3n) is 2.01. The molecule has 1 aromatic heterocycles. The summed E-state index contributed by atoms with van der Waals surface area (Å²) in [6.45, 7) is 0.729. The van der Waals surface area contributed by atoms with E-state index in [2.05, 4.69) is 32.9 Å². The zero-order valence-electron chi connectivity index (χ0n) is 8.33. The van der Waals surface area contributed by atoms with Crippen molar-refractivity contribution in [3.8, 4) is 11.5 Å². The Bertz CT molecular complexity index is 453. The second-order valence-corrected chi connectivity index (χ2v) is 4.32. The third-order valence-corrected chi connectivity index (χ3v) is 2.95. The normalized spacial score (nSPS) is 10.5. The van der Waals surface area contributed by atoms with Crippen molar-refractivity contribution in [3.05, 3.63) is 39.8 Å². The number of nitrogens with zero attached hydrogens (tertiary/aromatic N) is 1. The van der Waals surface area contributed by atoms with E-state index in [0.717, 1.165) is 21.4 Å². The Balaban J connectivity index is 2.33. The maximum absolute atomic E-state index is 5.43. The molecule has 0 saturated heterocycles. The second-order valence-electron chi connectivity index (χ2n) is 3.15. The molecule has 3 nitrogen and oxygen atoms in total. The van der Waals surface area contributed by atoms with Gasteiger partial charge in [-0.2, -0.15) is 0 Å². The molecule has 0 aliphatic heterocycles. The smallest absolute Gasteiger partial charge is 0.227 e. The van der Waals surface area contributed by atoms with Crippen LogP contribution in [0, 0.1) is 3.57 Å². The molecule has 0 atom stereocenters. The Labute approximate surface area is 102 Å². The van der Waals surface area contributed by atoms with Crippen LogP contribution >= 0.6 is 22.6 Å². The summed E-state index contributed by atoms with van der Waals surface area (Å²) < 4.78 is 6.57. The van der Waals surface area contributed by atoms with Gasteiger partial charge in [-0.1, -0.05) is 12.1 Å². The first kappa shape index (κ1) is 10.6. The average molecular weight is 314 g/mol. The lowest BCUT2D eigenvalue weighted by molar-refractivity contribution is 0.571. The number of oxazole rings is 1. The van der Waals surface area contributed by atoms with Gasteiger partial charge in [-0.25, -0.2) is 4.98 Å². The molecule has 0 aliphatic carbocycles. The molecule has 2 rings (SSSR count). The molecule has 1 heterocycles. The van der Waals surface area contributed by atoms with Gasteiger partial charge in [-0.05, 0) is 41.8 Å². The average Bonchev–Trinajstić information content (AvgIpc) is 2.68. The molecular formula is C11H11IN2O. The lowest BCUT2D eigenvalue weighted by Crippen LogP contribution is -2.04. The third kappa shape index (κ3) is 2.38. The molecule has 1 N–H and O–H groups in total. The van der Waals surface area contributed by atoms with Crippen LogP contribution in [-0.2, 0) is 6.54 Å². The highest BCUT2D eigenvalue weighted by Gasteiger charge is 2.08. The summed E-state index contributed by atoms with van der Waals surface area (Å²) >= 11 is 2.28. The fraction of sp³-hybridized carbons (Fsp3) is 0.182. The molecule has 0 unspecified atom stereocenters. The van der Waals surface area contributed by atoms with Gasteiger partial charge in [0.15, 0.2) is 0 Å². The van der Waals surface area contributed by atoms with Crippen LogP contribution in [-0.4, -0.2) is 12.0 Å². The van der Waals surface area contributed by atoms with Crippen molar-refractivity contribution < 1.29 is 4.42 Å². The number of hydrogen-bond acceptors (Lipinski definition) is 3. The van der Waals surface area contributed by atoms with Gasteiger partial charge in [0.05, 0.1) is 11.3 Å². The van der Waals surface area contributed by atoms with Crippen molar-refractivity contribution >= 4 is 22.6 Å². The maximum atomic E-state index is 5.43. The van der Waals surface area contributed by atoms with Crippen molar-refractivity contribution in [2.24, 2.45) is 0 Å². The molecule has 2 aromatic rings. The Morgan fingerprint density at radius 2 is 2.20 bits per heavy atom. The largest absolute Gasteiger partial charge is 0.444 e. The number of aromatic nitrogens is 1. The fourth-order valence-electron chi connectivity index (χ4n) is 1.33.